The van der Waals surface area contributed by atoms with E-state index in [1.165, 1.54) is 0 Å². The molecular formula is C18H14N4O3. The summed E-state index contributed by atoms with van der Waals surface area (Å²) in [6.45, 7) is 3.55. The molecule has 0 aliphatic heterocycles. The number of carbonyl (C=O) groups excluding carboxylic acids is 1. The molecule has 0 aliphatic carbocycles. The summed E-state index contributed by atoms with van der Waals surface area (Å²) in [7, 11) is 0. The molecule has 7 heteroatoms. The summed E-state index contributed by atoms with van der Waals surface area (Å²) in [6, 6.07) is 12.9. The summed E-state index contributed by atoms with van der Waals surface area (Å²) in [5, 5.41) is 11.2. The van der Waals surface area contributed by atoms with E-state index < -0.39 is 0 Å². The Balaban J connectivity index is 1.65. The predicted molar refractivity (Wildman–Crippen MR) is 91.2 cm³/mol. The lowest BCUT2D eigenvalue weighted by Gasteiger charge is -2.03. The highest BCUT2D eigenvalue weighted by Crippen LogP contribution is 2.25. The quantitative estimate of drug-likeness (QED) is 0.613. The van der Waals surface area contributed by atoms with E-state index in [0.717, 1.165) is 5.56 Å². The third-order valence-corrected chi connectivity index (χ3v) is 3.81. The van der Waals surface area contributed by atoms with E-state index in [4.69, 9.17) is 9.05 Å². The lowest BCUT2D eigenvalue weighted by Crippen LogP contribution is -2.12. The number of nitrogens with zero attached hydrogens (tertiary/aromatic N) is 3. The molecule has 0 fully saturated rings. The van der Waals surface area contributed by atoms with E-state index in [2.05, 4.69) is 20.6 Å². The zero-order valence-electron chi connectivity index (χ0n) is 13.6. The minimum absolute atomic E-state index is 0.264. The lowest BCUT2D eigenvalue weighted by atomic mass is 10.1. The summed E-state index contributed by atoms with van der Waals surface area (Å²) in [4.78, 5) is 16.9. The molecule has 0 atom stereocenters. The van der Waals surface area contributed by atoms with Crippen LogP contribution in [0.4, 0.5) is 5.88 Å². The number of pyridine rings is 1. The van der Waals surface area contributed by atoms with Gasteiger partial charge in [0.25, 0.3) is 11.6 Å². The molecule has 4 aromatic rings. The average molecular weight is 334 g/mol. The zero-order chi connectivity index (χ0) is 17.4. The fourth-order valence-electron chi connectivity index (χ4n) is 2.66. The molecule has 3 aromatic heterocycles. The summed E-state index contributed by atoms with van der Waals surface area (Å²) in [6.07, 6.45) is 0. The minimum atomic E-state index is -0.336. The molecule has 0 bridgehead atoms. The normalized spacial score (nSPS) is 11.0. The SMILES string of the molecule is Cc1cc(C(=O)Nc2cc(-c3ccccc3)no2)c2c(C)noc2n1. The van der Waals surface area contributed by atoms with Gasteiger partial charge in [-0.3, -0.25) is 10.1 Å². The van der Waals surface area contributed by atoms with Crippen LogP contribution in [0.3, 0.4) is 0 Å². The van der Waals surface area contributed by atoms with Gasteiger partial charge in [-0.2, -0.15) is 0 Å². The molecule has 1 N–H and O–H groups in total. The second kappa shape index (κ2) is 5.86. The van der Waals surface area contributed by atoms with Crippen molar-refractivity contribution in [2.24, 2.45) is 0 Å². The van der Waals surface area contributed by atoms with Crippen LogP contribution in [0, 0.1) is 13.8 Å². The molecule has 0 spiro atoms. The smallest absolute Gasteiger partial charge is 0.258 e. The summed E-state index contributed by atoms with van der Waals surface area (Å²) >= 11 is 0. The monoisotopic (exact) mass is 334 g/mol. The van der Waals surface area contributed by atoms with E-state index in [1.807, 2.05) is 30.3 Å². The van der Waals surface area contributed by atoms with Crippen molar-refractivity contribution in [3.05, 3.63) is 59.4 Å². The third-order valence-electron chi connectivity index (χ3n) is 3.81. The number of benzene rings is 1. The fraction of sp³-hybridized carbons (Fsp3) is 0.111. The standard InChI is InChI=1S/C18H14N4O3/c1-10-8-13(16-11(2)21-25-18(16)19-10)17(23)20-15-9-14(22-24-15)12-6-4-3-5-7-12/h3-9H,1-2H3,(H,20,23). The van der Waals surface area contributed by atoms with E-state index in [1.54, 1.807) is 26.0 Å². The van der Waals surface area contributed by atoms with Crippen molar-refractivity contribution in [1.29, 1.82) is 0 Å². The number of aromatic nitrogens is 3. The number of fused-ring (bicyclic) bond motifs is 1. The van der Waals surface area contributed by atoms with Gasteiger partial charge in [-0.25, -0.2) is 4.98 Å². The lowest BCUT2D eigenvalue weighted by molar-refractivity contribution is 0.102. The van der Waals surface area contributed by atoms with Crippen molar-refractivity contribution in [2.45, 2.75) is 13.8 Å². The van der Waals surface area contributed by atoms with Gasteiger partial charge in [0.15, 0.2) is 0 Å². The van der Waals surface area contributed by atoms with Crippen molar-refractivity contribution in [1.82, 2.24) is 15.3 Å². The number of nitrogens with one attached hydrogen (secondary N) is 1. The molecule has 0 saturated heterocycles. The fourth-order valence-corrected chi connectivity index (χ4v) is 2.66. The Morgan fingerprint density at radius 1 is 1.04 bits per heavy atom. The molecule has 0 aliphatic rings. The second-order valence-electron chi connectivity index (χ2n) is 5.66. The predicted octanol–water partition coefficient (Wildman–Crippen LogP) is 3.75. The number of carbonyl (C=O) groups is 1. The Morgan fingerprint density at radius 3 is 2.64 bits per heavy atom. The molecule has 1 amide bonds. The van der Waals surface area contributed by atoms with Crippen LogP contribution < -0.4 is 5.32 Å². The first-order valence-electron chi connectivity index (χ1n) is 7.69. The Morgan fingerprint density at radius 2 is 1.84 bits per heavy atom. The highest BCUT2D eigenvalue weighted by Gasteiger charge is 2.19. The van der Waals surface area contributed by atoms with Gasteiger partial charge in [-0.15, -0.1) is 0 Å². The van der Waals surface area contributed by atoms with E-state index in [0.29, 0.717) is 33.7 Å². The Bertz CT molecular complexity index is 1070. The summed E-state index contributed by atoms with van der Waals surface area (Å²) < 4.78 is 10.4. The largest absolute Gasteiger partial charge is 0.338 e. The third kappa shape index (κ3) is 2.76. The van der Waals surface area contributed by atoms with E-state index in [-0.39, 0.29) is 11.8 Å². The van der Waals surface area contributed by atoms with Gasteiger partial charge in [-0.1, -0.05) is 40.6 Å². The van der Waals surface area contributed by atoms with E-state index >= 15 is 0 Å². The minimum Gasteiger partial charge on any atom is -0.338 e. The molecule has 0 unspecified atom stereocenters. The van der Waals surface area contributed by atoms with Gasteiger partial charge in [0.2, 0.25) is 5.88 Å². The zero-order valence-corrected chi connectivity index (χ0v) is 13.6. The van der Waals surface area contributed by atoms with E-state index in [9.17, 15) is 4.79 Å². The number of hydrogen-bond acceptors (Lipinski definition) is 6. The van der Waals surface area contributed by atoms with Crippen molar-refractivity contribution in [2.75, 3.05) is 5.32 Å². The summed E-state index contributed by atoms with van der Waals surface area (Å²) in [5.41, 5.74) is 3.59. The molecule has 0 radical (unpaired) electrons. The van der Waals surface area contributed by atoms with Crippen LogP contribution in [0.5, 0.6) is 0 Å². The number of amides is 1. The van der Waals surface area contributed by atoms with Crippen molar-refractivity contribution in [3.8, 4) is 11.3 Å². The van der Waals surface area contributed by atoms with Gasteiger partial charge >= 0.3 is 0 Å². The molecule has 1 aromatic carbocycles. The number of aryl methyl sites for hydroxylation is 2. The maximum Gasteiger partial charge on any atom is 0.258 e. The Labute approximate surface area is 142 Å². The Hall–Kier alpha value is -3.48. The van der Waals surface area contributed by atoms with Crippen LogP contribution >= 0.6 is 0 Å². The topological polar surface area (TPSA) is 94.1 Å². The maximum absolute atomic E-state index is 12.7. The van der Waals surface area contributed by atoms with Crippen LogP contribution in [-0.2, 0) is 0 Å². The molecule has 3 heterocycles. The van der Waals surface area contributed by atoms with Crippen molar-refractivity contribution in [3.63, 3.8) is 0 Å². The molecule has 0 saturated carbocycles. The van der Waals surface area contributed by atoms with Crippen LogP contribution in [0.25, 0.3) is 22.4 Å². The van der Waals surface area contributed by atoms with Crippen molar-refractivity contribution < 1.29 is 13.8 Å². The first-order valence-corrected chi connectivity index (χ1v) is 7.69. The second-order valence-corrected chi connectivity index (χ2v) is 5.66. The first kappa shape index (κ1) is 15.1. The molecule has 25 heavy (non-hydrogen) atoms. The van der Waals surface area contributed by atoms with Gasteiger partial charge < -0.3 is 9.05 Å². The highest BCUT2D eigenvalue weighted by molar-refractivity contribution is 6.12. The molecule has 4 rings (SSSR count). The van der Waals surface area contributed by atoms with Crippen LogP contribution in [0.15, 0.2) is 51.5 Å². The average Bonchev–Trinajstić information content (AvgIpc) is 3.22. The van der Waals surface area contributed by atoms with Crippen LogP contribution in [0.1, 0.15) is 21.7 Å². The van der Waals surface area contributed by atoms with Gasteiger partial charge in [0.05, 0.1) is 16.6 Å². The number of anilines is 1. The van der Waals surface area contributed by atoms with Gasteiger partial charge in [0, 0.05) is 17.3 Å². The van der Waals surface area contributed by atoms with Crippen LogP contribution in [0.2, 0.25) is 0 Å². The van der Waals surface area contributed by atoms with Gasteiger partial charge in [-0.05, 0) is 19.9 Å². The highest BCUT2D eigenvalue weighted by atomic mass is 16.5. The Kier molecular flexibility index (Phi) is 3.53. The first-order chi connectivity index (χ1) is 12.1. The maximum atomic E-state index is 12.7. The van der Waals surface area contributed by atoms with Gasteiger partial charge in [0.1, 0.15) is 5.69 Å². The molecule has 124 valence electrons. The van der Waals surface area contributed by atoms with Crippen LogP contribution in [-0.4, -0.2) is 21.2 Å². The number of rotatable bonds is 3. The van der Waals surface area contributed by atoms with Crippen molar-refractivity contribution >= 4 is 22.9 Å². The molecule has 7 nitrogen and oxygen atoms in total. The molecular weight excluding hydrogens is 320 g/mol. The summed E-state index contributed by atoms with van der Waals surface area (Å²) in [5.74, 6) is -0.0712. The number of hydrogen-bond donors (Lipinski definition) is 1.